The van der Waals surface area contributed by atoms with Gasteiger partial charge in [0, 0.05) is 31.1 Å². The van der Waals surface area contributed by atoms with E-state index in [0.29, 0.717) is 11.5 Å². The first kappa shape index (κ1) is 14.3. The molecule has 0 saturated carbocycles. The Labute approximate surface area is 124 Å². The van der Waals surface area contributed by atoms with Crippen LogP contribution in [0, 0.1) is 5.92 Å². The molecular formula is C17H21NO3. The Balaban J connectivity index is 1.93. The van der Waals surface area contributed by atoms with E-state index >= 15 is 0 Å². The fourth-order valence-corrected chi connectivity index (χ4v) is 3.07. The molecule has 0 bridgehead atoms. The average molecular weight is 287 g/mol. The van der Waals surface area contributed by atoms with Crippen LogP contribution in [0.2, 0.25) is 0 Å². The van der Waals surface area contributed by atoms with Crippen molar-refractivity contribution < 1.29 is 9.52 Å². The molecule has 1 aromatic heterocycles. The number of nitrogens with zero attached hydrogens (tertiary/aromatic N) is 1. The van der Waals surface area contributed by atoms with E-state index in [0.717, 1.165) is 43.4 Å². The average Bonchev–Trinajstić information content (AvgIpc) is 2.94. The second-order valence-corrected chi connectivity index (χ2v) is 5.85. The van der Waals surface area contributed by atoms with Crippen LogP contribution in [0.1, 0.15) is 24.5 Å². The van der Waals surface area contributed by atoms with Gasteiger partial charge in [0.05, 0.1) is 0 Å². The van der Waals surface area contributed by atoms with E-state index in [2.05, 4.69) is 17.9 Å². The fraction of sp³-hybridized carbons (Fsp3) is 0.471. The molecule has 4 heteroatoms. The molecule has 2 heterocycles. The Morgan fingerprint density at radius 2 is 2.24 bits per heavy atom. The molecule has 0 radical (unpaired) electrons. The zero-order chi connectivity index (χ0) is 14.8. The molecule has 4 nitrogen and oxygen atoms in total. The highest BCUT2D eigenvalue weighted by Crippen LogP contribution is 2.23. The number of rotatable bonds is 4. The van der Waals surface area contributed by atoms with Crippen molar-refractivity contribution in [2.45, 2.75) is 26.3 Å². The van der Waals surface area contributed by atoms with Crippen LogP contribution in [0.15, 0.2) is 33.5 Å². The van der Waals surface area contributed by atoms with Crippen molar-refractivity contribution in [1.82, 2.24) is 4.90 Å². The maximum absolute atomic E-state index is 11.8. The molecule has 1 aliphatic rings. The summed E-state index contributed by atoms with van der Waals surface area (Å²) in [5, 5.41) is 10.2. The van der Waals surface area contributed by atoms with E-state index in [9.17, 15) is 9.90 Å². The molecule has 1 N–H and O–H groups in total. The van der Waals surface area contributed by atoms with Crippen molar-refractivity contribution in [2.75, 3.05) is 19.7 Å². The lowest BCUT2D eigenvalue weighted by Crippen LogP contribution is -2.21. The number of aliphatic hydroxyl groups is 1. The van der Waals surface area contributed by atoms with Crippen molar-refractivity contribution in [1.29, 1.82) is 0 Å². The highest BCUT2D eigenvalue weighted by atomic mass is 16.4. The van der Waals surface area contributed by atoms with Gasteiger partial charge in [0.25, 0.3) is 0 Å². The predicted octanol–water partition coefficient (Wildman–Crippen LogP) is 2.17. The minimum absolute atomic E-state index is 0.244. The van der Waals surface area contributed by atoms with Crippen LogP contribution in [-0.2, 0) is 13.0 Å². The second-order valence-electron chi connectivity index (χ2n) is 5.85. The lowest BCUT2D eigenvalue weighted by molar-refractivity contribution is 0.220. The molecule has 1 atom stereocenters. The Morgan fingerprint density at radius 1 is 1.38 bits per heavy atom. The first-order valence-corrected chi connectivity index (χ1v) is 7.58. The molecule has 21 heavy (non-hydrogen) atoms. The maximum Gasteiger partial charge on any atom is 0.336 e. The van der Waals surface area contributed by atoms with Gasteiger partial charge in [-0.15, -0.1) is 0 Å². The van der Waals surface area contributed by atoms with Crippen molar-refractivity contribution >= 4 is 11.0 Å². The Kier molecular flexibility index (Phi) is 4.08. The summed E-state index contributed by atoms with van der Waals surface area (Å²) in [7, 11) is 0. The third-order valence-corrected chi connectivity index (χ3v) is 4.32. The molecule has 1 saturated heterocycles. The summed E-state index contributed by atoms with van der Waals surface area (Å²) in [6, 6.07) is 7.69. The zero-order valence-electron chi connectivity index (χ0n) is 12.3. The molecule has 1 aromatic carbocycles. The highest BCUT2D eigenvalue weighted by Gasteiger charge is 2.22. The molecule has 3 rings (SSSR count). The molecule has 0 spiro atoms. The molecule has 0 aliphatic carbocycles. The summed E-state index contributed by atoms with van der Waals surface area (Å²) < 4.78 is 5.34. The summed E-state index contributed by atoms with van der Waals surface area (Å²) in [6.45, 7) is 4.94. The summed E-state index contributed by atoms with van der Waals surface area (Å²) in [5.41, 5.74) is 2.57. The van der Waals surface area contributed by atoms with E-state index in [1.165, 1.54) is 5.56 Å². The Hall–Kier alpha value is -1.65. The molecule has 112 valence electrons. The first-order valence-electron chi connectivity index (χ1n) is 7.58. The normalized spacial score (nSPS) is 19.4. The minimum Gasteiger partial charge on any atom is -0.423 e. The lowest BCUT2D eigenvalue weighted by Gasteiger charge is -2.16. The Bertz CT molecular complexity index is 692. The highest BCUT2D eigenvalue weighted by molar-refractivity contribution is 5.80. The van der Waals surface area contributed by atoms with E-state index in [1.807, 2.05) is 12.1 Å². The van der Waals surface area contributed by atoms with Crippen LogP contribution in [0.5, 0.6) is 0 Å². The van der Waals surface area contributed by atoms with Gasteiger partial charge in [0.2, 0.25) is 0 Å². The quantitative estimate of drug-likeness (QED) is 0.876. The topological polar surface area (TPSA) is 53.7 Å². The molecule has 2 aromatic rings. The standard InChI is InChI=1S/C17H21NO3/c1-2-12-3-4-15-14(8-17(20)21-16(15)7-12)10-18-6-5-13(9-18)11-19/h3-4,7-8,13,19H,2,5-6,9-11H2,1H3. The van der Waals surface area contributed by atoms with E-state index in [4.69, 9.17) is 4.42 Å². The van der Waals surface area contributed by atoms with E-state index in [1.54, 1.807) is 6.07 Å². The molecular weight excluding hydrogens is 266 g/mol. The summed E-state index contributed by atoms with van der Waals surface area (Å²) in [5.74, 6) is 0.364. The van der Waals surface area contributed by atoms with Gasteiger partial charge in [-0.25, -0.2) is 4.79 Å². The van der Waals surface area contributed by atoms with Crippen molar-refractivity contribution in [3.8, 4) is 0 Å². The van der Waals surface area contributed by atoms with Gasteiger partial charge in [-0.2, -0.15) is 0 Å². The van der Waals surface area contributed by atoms with Crippen molar-refractivity contribution in [3.63, 3.8) is 0 Å². The number of hydrogen-bond acceptors (Lipinski definition) is 4. The van der Waals surface area contributed by atoms with Gasteiger partial charge in [0.1, 0.15) is 5.58 Å². The molecule has 0 amide bonds. The SMILES string of the molecule is CCc1ccc2c(CN3CCC(CO)C3)cc(=O)oc2c1. The summed E-state index contributed by atoms with van der Waals surface area (Å²) >= 11 is 0. The number of aliphatic hydroxyl groups excluding tert-OH is 1. The summed E-state index contributed by atoms with van der Waals surface area (Å²) in [6.07, 6.45) is 1.95. The predicted molar refractivity (Wildman–Crippen MR) is 82.3 cm³/mol. The van der Waals surface area contributed by atoms with Crippen LogP contribution in [-0.4, -0.2) is 29.7 Å². The smallest absolute Gasteiger partial charge is 0.336 e. The van der Waals surface area contributed by atoms with Gasteiger partial charge in [-0.05, 0) is 42.5 Å². The molecule has 1 unspecified atom stereocenters. The van der Waals surface area contributed by atoms with Gasteiger partial charge >= 0.3 is 5.63 Å². The second kappa shape index (κ2) is 6.00. The van der Waals surface area contributed by atoms with Crippen molar-refractivity contribution in [3.05, 3.63) is 45.8 Å². The zero-order valence-corrected chi connectivity index (χ0v) is 12.3. The largest absolute Gasteiger partial charge is 0.423 e. The number of benzene rings is 1. The summed E-state index contributed by atoms with van der Waals surface area (Å²) in [4.78, 5) is 14.1. The number of aryl methyl sites for hydroxylation is 1. The third kappa shape index (κ3) is 3.01. The van der Waals surface area contributed by atoms with Gasteiger partial charge in [0.15, 0.2) is 0 Å². The number of hydrogen-bond donors (Lipinski definition) is 1. The van der Waals surface area contributed by atoms with Gasteiger partial charge < -0.3 is 9.52 Å². The number of fused-ring (bicyclic) bond motifs is 1. The van der Waals surface area contributed by atoms with E-state index < -0.39 is 0 Å². The van der Waals surface area contributed by atoms with Crippen LogP contribution in [0.25, 0.3) is 11.0 Å². The van der Waals surface area contributed by atoms with Crippen molar-refractivity contribution in [2.24, 2.45) is 5.92 Å². The monoisotopic (exact) mass is 287 g/mol. The third-order valence-electron chi connectivity index (χ3n) is 4.32. The van der Waals surface area contributed by atoms with Gasteiger partial charge in [-0.3, -0.25) is 4.90 Å². The van der Waals surface area contributed by atoms with Gasteiger partial charge in [-0.1, -0.05) is 19.1 Å². The fourth-order valence-electron chi connectivity index (χ4n) is 3.07. The molecule has 1 aliphatic heterocycles. The number of likely N-dealkylation sites (tertiary alicyclic amines) is 1. The lowest BCUT2D eigenvalue weighted by atomic mass is 10.1. The van der Waals surface area contributed by atoms with Crippen LogP contribution in [0.3, 0.4) is 0 Å². The maximum atomic E-state index is 11.8. The Morgan fingerprint density at radius 3 is 2.95 bits per heavy atom. The first-order chi connectivity index (χ1) is 10.2. The van der Waals surface area contributed by atoms with Crippen LogP contribution in [0.4, 0.5) is 0 Å². The minimum atomic E-state index is -0.288. The van der Waals surface area contributed by atoms with Crippen LogP contribution >= 0.6 is 0 Å². The van der Waals surface area contributed by atoms with E-state index in [-0.39, 0.29) is 12.2 Å². The molecule has 1 fully saturated rings. The van der Waals surface area contributed by atoms with Crippen LogP contribution < -0.4 is 5.63 Å².